The molecule has 0 radical (unpaired) electrons. The summed E-state index contributed by atoms with van der Waals surface area (Å²) in [5.74, 6) is 4.62. The predicted octanol–water partition coefficient (Wildman–Crippen LogP) is 3.54. The lowest BCUT2D eigenvalue weighted by Crippen LogP contribution is -2.33. The molecule has 0 aromatic carbocycles. The molecule has 1 fully saturated rings. The highest BCUT2D eigenvalue weighted by Crippen LogP contribution is 2.31. The fourth-order valence-electron chi connectivity index (χ4n) is 2.56. The number of hydrogen-bond acceptors (Lipinski definition) is 2. The largest absolute Gasteiger partial charge is 0.316 e. The first-order chi connectivity index (χ1) is 7.31. The van der Waals surface area contributed by atoms with Gasteiger partial charge in [0.25, 0.3) is 0 Å². The van der Waals surface area contributed by atoms with Gasteiger partial charge in [0, 0.05) is 11.8 Å². The van der Waals surface area contributed by atoms with Gasteiger partial charge in [-0.15, -0.1) is 0 Å². The summed E-state index contributed by atoms with van der Waals surface area (Å²) < 4.78 is 0. The topological polar surface area (TPSA) is 12.0 Å². The van der Waals surface area contributed by atoms with Crippen molar-refractivity contribution in [1.82, 2.24) is 5.32 Å². The van der Waals surface area contributed by atoms with Crippen molar-refractivity contribution in [2.45, 2.75) is 52.0 Å². The van der Waals surface area contributed by atoms with Crippen LogP contribution >= 0.6 is 11.8 Å². The lowest BCUT2D eigenvalue weighted by molar-refractivity contribution is 0.320. The van der Waals surface area contributed by atoms with E-state index in [4.69, 9.17) is 0 Å². The maximum atomic E-state index is 3.48. The van der Waals surface area contributed by atoms with Crippen LogP contribution in [0.2, 0.25) is 0 Å². The van der Waals surface area contributed by atoms with Crippen LogP contribution in [0.5, 0.6) is 0 Å². The second-order valence-corrected chi connectivity index (χ2v) is 5.92. The van der Waals surface area contributed by atoms with Crippen LogP contribution in [-0.2, 0) is 0 Å². The van der Waals surface area contributed by atoms with E-state index in [1.54, 1.807) is 0 Å². The van der Waals surface area contributed by atoms with Gasteiger partial charge in [-0.2, -0.15) is 11.8 Å². The Hall–Kier alpha value is 0.310. The van der Waals surface area contributed by atoms with Crippen LogP contribution in [0.1, 0.15) is 46.0 Å². The van der Waals surface area contributed by atoms with E-state index in [2.05, 4.69) is 38.0 Å². The Bertz CT molecular complexity index is 161. The third kappa shape index (κ3) is 4.36. The van der Waals surface area contributed by atoms with E-state index >= 15 is 0 Å². The summed E-state index contributed by atoms with van der Waals surface area (Å²) >= 11 is 2.13. The van der Waals surface area contributed by atoms with Gasteiger partial charge in [0.15, 0.2) is 0 Å². The zero-order chi connectivity index (χ0) is 11.1. The SMILES string of the molecule is CCCCC(CC)CC1CSCC1NC. The fourth-order valence-corrected chi connectivity index (χ4v) is 4.06. The van der Waals surface area contributed by atoms with E-state index in [1.165, 1.54) is 43.6 Å². The zero-order valence-electron chi connectivity index (χ0n) is 10.6. The Labute approximate surface area is 99.8 Å². The normalized spacial score (nSPS) is 28.2. The Morgan fingerprint density at radius 1 is 1.33 bits per heavy atom. The lowest BCUT2D eigenvalue weighted by atomic mass is 9.86. The minimum Gasteiger partial charge on any atom is -0.316 e. The Morgan fingerprint density at radius 3 is 2.73 bits per heavy atom. The van der Waals surface area contributed by atoms with Crippen LogP contribution in [-0.4, -0.2) is 24.6 Å². The molecule has 1 N–H and O–H groups in total. The summed E-state index contributed by atoms with van der Waals surface area (Å²) in [6.45, 7) is 4.66. The van der Waals surface area contributed by atoms with Crippen molar-refractivity contribution in [2.24, 2.45) is 11.8 Å². The molecule has 2 heteroatoms. The van der Waals surface area contributed by atoms with Gasteiger partial charge in [-0.3, -0.25) is 0 Å². The van der Waals surface area contributed by atoms with Crippen molar-refractivity contribution >= 4 is 11.8 Å². The van der Waals surface area contributed by atoms with Gasteiger partial charge < -0.3 is 5.32 Å². The molecule has 0 aromatic rings. The van der Waals surface area contributed by atoms with Crippen LogP contribution in [0.4, 0.5) is 0 Å². The third-order valence-corrected chi connectivity index (χ3v) is 5.01. The van der Waals surface area contributed by atoms with E-state index in [9.17, 15) is 0 Å². The van der Waals surface area contributed by atoms with E-state index in [0.29, 0.717) is 0 Å². The average molecular weight is 229 g/mol. The van der Waals surface area contributed by atoms with Crippen LogP contribution in [0, 0.1) is 11.8 Å². The maximum Gasteiger partial charge on any atom is 0.0191 e. The van der Waals surface area contributed by atoms with Gasteiger partial charge >= 0.3 is 0 Å². The van der Waals surface area contributed by atoms with Gasteiger partial charge in [-0.25, -0.2) is 0 Å². The highest BCUT2D eigenvalue weighted by Gasteiger charge is 2.28. The molecular formula is C13H27NS. The van der Waals surface area contributed by atoms with E-state index in [-0.39, 0.29) is 0 Å². The summed E-state index contributed by atoms with van der Waals surface area (Å²) in [4.78, 5) is 0. The molecule has 1 heterocycles. The van der Waals surface area contributed by atoms with Crippen molar-refractivity contribution in [2.75, 3.05) is 18.6 Å². The summed E-state index contributed by atoms with van der Waals surface area (Å²) in [5.41, 5.74) is 0. The highest BCUT2D eigenvalue weighted by molar-refractivity contribution is 7.99. The number of nitrogens with one attached hydrogen (secondary N) is 1. The monoisotopic (exact) mass is 229 g/mol. The highest BCUT2D eigenvalue weighted by atomic mass is 32.2. The molecule has 0 aliphatic carbocycles. The van der Waals surface area contributed by atoms with Gasteiger partial charge in [0.1, 0.15) is 0 Å². The fraction of sp³-hybridized carbons (Fsp3) is 1.00. The molecule has 1 nitrogen and oxygen atoms in total. The first kappa shape index (κ1) is 13.4. The zero-order valence-corrected chi connectivity index (χ0v) is 11.4. The number of hydrogen-bond donors (Lipinski definition) is 1. The molecule has 1 aliphatic heterocycles. The minimum atomic E-state index is 0.783. The first-order valence-electron chi connectivity index (χ1n) is 6.56. The summed E-state index contributed by atoms with van der Waals surface area (Å²) in [6.07, 6.45) is 7.05. The third-order valence-electron chi connectivity index (χ3n) is 3.75. The van der Waals surface area contributed by atoms with Crippen LogP contribution in [0.3, 0.4) is 0 Å². The van der Waals surface area contributed by atoms with Crippen molar-refractivity contribution < 1.29 is 0 Å². The smallest absolute Gasteiger partial charge is 0.0191 e. The molecule has 1 aliphatic rings. The number of thioether (sulfide) groups is 1. The summed E-state index contributed by atoms with van der Waals surface area (Å²) in [5, 5.41) is 3.48. The molecule has 15 heavy (non-hydrogen) atoms. The molecule has 0 bridgehead atoms. The van der Waals surface area contributed by atoms with Crippen molar-refractivity contribution in [3.05, 3.63) is 0 Å². The standard InChI is InChI=1S/C13H27NS/c1-4-6-7-11(5-2)8-12-9-15-10-13(12)14-3/h11-14H,4-10H2,1-3H3. The molecule has 0 aromatic heterocycles. The molecule has 0 saturated carbocycles. The first-order valence-corrected chi connectivity index (χ1v) is 7.72. The molecule has 1 saturated heterocycles. The van der Waals surface area contributed by atoms with E-state index in [0.717, 1.165) is 17.9 Å². The molecule has 1 rings (SSSR count). The van der Waals surface area contributed by atoms with Gasteiger partial charge in [0.05, 0.1) is 0 Å². The van der Waals surface area contributed by atoms with Crippen LogP contribution in [0.25, 0.3) is 0 Å². The van der Waals surface area contributed by atoms with Gasteiger partial charge in [-0.05, 0) is 31.1 Å². The second-order valence-electron chi connectivity index (χ2n) is 4.84. The van der Waals surface area contributed by atoms with Crippen molar-refractivity contribution in [1.29, 1.82) is 0 Å². The second kappa shape index (κ2) is 7.56. The molecule has 0 spiro atoms. The Balaban J connectivity index is 2.29. The van der Waals surface area contributed by atoms with Gasteiger partial charge in [0.2, 0.25) is 0 Å². The maximum absolute atomic E-state index is 3.48. The Kier molecular flexibility index (Phi) is 6.74. The average Bonchev–Trinajstić information content (AvgIpc) is 2.71. The summed E-state index contributed by atoms with van der Waals surface area (Å²) in [6, 6.07) is 0.783. The predicted molar refractivity (Wildman–Crippen MR) is 71.6 cm³/mol. The lowest BCUT2D eigenvalue weighted by Gasteiger charge is -2.23. The van der Waals surface area contributed by atoms with E-state index in [1.807, 2.05) is 0 Å². The van der Waals surface area contributed by atoms with Gasteiger partial charge in [-0.1, -0.05) is 39.5 Å². The molecule has 3 unspecified atom stereocenters. The molecule has 90 valence electrons. The quantitative estimate of drug-likeness (QED) is 0.716. The Morgan fingerprint density at radius 2 is 2.13 bits per heavy atom. The number of rotatable bonds is 7. The number of unbranched alkanes of at least 4 members (excludes halogenated alkanes) is 1. The molecule has 0 amide bonds. The van der Waals surface area contributed by atoms with E-state index < -0.39 is 0 Å². The van der Waals surface area contributed by atoms with Crippen molar-refractivity contribution in [3.8, 4) is 0 Å². The molecular weight excluding hydrogens is 202 g/mol. The minimum absolute atomic E-state index is 0.783. The van der Waals surface area contributed by atoms with Crippen LogP contribution in [0.15, 0.2) is 0 Å². The molecule has 3 atom stereocenters. The van der Waals surface area contributed by atoms with Crippen LogP contribution < -0.4 is 5.32 Å². The van der Waals surface area contributed by atoms with Crippen molar-refractivity contribution in [3.63, 3.8) is 0 Å². The summed E-state index contributed by atoms with van der Waals surface area (Å²) in [7, 11) is 2.12.